The molecule has 0 aliphatic rings. The first-order valence-electron chi connectivity index (χ1n) is 7.15. The van der Waals surface area contributed by atoms with Crippen molar-refractivity contribution in [2.45, 2.75) is 20.8 Å². The van der Waals surface area contributed by atoms with Gasteiger partial charge in [0.25, 0.3) is 5.24 Å². The third-order valence-corrected chi connectivity index (χ3v) is 4.08. The molecule has 0 fully saturated rings. The van der Waals surface area contributed by atoms with Crippen LogP contribution in [0.2, 0.25) is 0 Å². The summed E-state index contributed by atoms with van der Waals surface area (Å²) in [6, 6.07) is 13.8. The number of benzene rings is 2. The van der Waals surface area contributed by atoms with E-state index in [0.717, 1.165) is 38.9 Å². The molecule has 0 aliphatic carbocycles. The molecule has 0 radical (unpaired) electrons. The Morgan fingerprint density at radius 3 is 2.41 bits per heavy atom. The second-order valence-electron chi connectivity index (χ2n) is 5.62. The lowest BCUT2D eigenvalue weighted by atomic mass is 9.99. The van der Waals surface area contributed by atoms with Crippen LogP contribution in [0.25, 0.3) is 22.2 Å². The van der Waals surface area contributed by atoms with Gasteiger partial charge in [0.2, 0.25) is 0 Å². The molecule has 0 atom stereocenters. The summed E-state index contributed by atoms with van der Waals surface area (Å²) < 4.78 is 0. The normalized spacial score (nSPS) is 10.9. The van der Waals surface area contributed by atoms with Crippen molar-refractivity contribution in [3.05, 3.63) is 64.7 Å². The maximum Gasteiger partial charge on any atom is 0.253 e. The van der Waals surface area contributed by atoms with Crippen LogP contribution in [-0.2, 0) is 0 Å². The minimum Gasteiger partial charge on any atom is -0.276 e. The van der Waals surface area contributed by atoms with E-state index < -0.39 is 5.24 Å². The fraction of sp³-hybridized carbons (Fsp3) is 0.158. The zero-order valence-corrected chi connectivity index (χ0v) is 13.5. The van der Waals surface area contributed by atoms with E-state index in [4.69, 9.17) is 16.6 Å². The maximum atomic E-state index is 11.9. The molecule has 0 N–H and O–H groups in total. The lowest BCUT2D eigenvalue weighted by Gasteiger charge is -2.11. The highest BCUT2D eigenvalue weighted by atomic mass is 35.5. The molecular formula is C19H16ClNO. The summed E-state index contributed by atoms with van der Waals surface area (Å²) in [5.41, 5.74) is 6.39. The van der Waals surface area contributed by atoms with Crippen molar-refractivity contribution in [2.24, 2.45) is 0 Å². The van der Waals surface area contributed by atoms with Crippen molar-refractivity contribution in [2.75, 3.05) is 0 Å². The van der Waals surface area contributed by atoms with Crippen LogP contribution in [0, 0.1) is 20.8 Å². The predicted molar refractivity (Wildman–Crippen MR) is 91.6 cm³/mol. The summed E-state index contributed by atoms with van der Waals surface area (Å²) >= 11 is 5.82. The highest BCUT2D eigenvalue weighted by Gasteiger charge is 2.14. The van der Waals surface area contributed by atoms with E-state index in [0.29, 0.717) is 5.56 Å². The topological polar surface area (TPSA) is 30.0 Å². The largest absolute Gasteiger partial charge is 0.276 e. The summed E-state index contributed by atoms with van der Waals surface area (Å²) in [7, 11) is 0. The van der Waals surface area contributed by atoms with Gasteiger partial charge in [-0.05, 0) is 55.6 Å². The Kier molecular flexibility index (Phi) is 3.71. The lowest BCUT2D eigenvalue weighted by molar-refractivity contribution is 0.108. The van der Waals surface area contributed by atoms with E-state index in [2.05, 4.69) is 6.07 Å². The number of carbonyl (C=O) groups excluding carboxylic acids is 1. The van der Waals surface area contributed by atoms with Crippen LogP contribution in [-0.4, -0.2) is 10.2 Å². The Balaban J connectivity index is 2.40. The van der Waals surface area contributed by atoms with Crippen molar-refractivity contribution in [1.29, 1.82) is 0 Å². The number of pyridine rings is 1. The second kappa shape index (κ2) is 5.54. The first kappa shape index (κ1) is 14.7. The number of nitrogens with zero attached hydrogens (tertiary/aromatic N) is 1. The molecule has 0 saturated carbocycles. The average molecular weight is 310 g/mol. The van der Waals surface area contributed by atoms with Gasteiger partial charge in [-0.15, -0.1) is 0 Å². The zero-order valence-electron chi connectivity index (χ0n) is 12.8. The molecule has 1 aromatic heterocycles. The standard InChI is InChI=1S/C19H16ClNO/c1-11-8-13(3)18-15(9-11)16(19(20)22)10-17(21-18)14-7-5-4-6-12(14)2/h4-10H,1-3H3. The second-order valence-corrected chi connectivity index (χ2v) is 5.96. The molecule has 0 amide bonds. The van der Waals surface area contributed by atoms with Gasteiger partial charge in [-0.25, -0.2) is 4.98 Å². The smallest absolute Gasteiger partial charge is 0.253 e. The molecule has 0 spiro atoms. The summed E-state index contributed by atoms with van der Waals surface area (Å²) in [6.07, 6.45) is 0. The maximum absolute atomic E-state index is 11.9. The minimum absolute atomic E-state index is 0.452. The van der Waals surface area contributed by atoms with Crippen LogP contribution in [0.5, 0.6) is 0 Å². The molecule has 3 aromatic rings. The van der Waals surface area contributed by atoms with Crippen molar-refractivity contribution >= 4 is 27.7 Å². The Morgan fingerprint density at radius 1 is 1.00 bits per heavy atom. The quantitative estimate of drug-likeness (QED) is 0.608. The Bertz CT molecular complexity index is 899. The Morgan fingerprint density at radius 2 is 1.73 bits per heavy atom. The minimum atomic E-state index is -0.452. The van der Waals surface area contributed by atoms with Crippen LogP contribution in [0.15, 0.2) is 42.5 Å². The molecule has 0 aliphatic heterocycles. The van der Waals surface area contributed by atoms with E-state index in [1.807, 2.05) is 51.1 Å². The van der Waals surface area contributed by atoms with Gasteiger partial charge in [0, 0.05) is 16.5 Å². The third kappa shape index (κ3) is 2.51. The molecule has 22 heavy (non-hydrogen) atoms. The van der Waals surface area contributed by atoms with Crippen LogP contribution in [0.4, 0.5) is 0 Å². The van der Waals surface area contributed by atoms with E-state index in [9.17, 15) is 4.79 Å². The highest BCUT2D eigenvalue weighted by molar-refractivity contribution is 6.68. The zero-order chi connectivity index (χ0) is 15.9. The molecule has 110 valence electrons. The van der Waals surface area contributed by atoms with Gasteiger partial charge in [-0.2, -0.15) is 0 Å². The molecular weight excluding hydrogens is 294 g/mol. The molecule has 3 rings (SSSR count). The number of hydrogen-bond donors (Lipinski definition) is 0. The van der Waals surface area contributed by atoms with Gasteiger partial charge in [0.15, 0.2) is 0 Å². The molecule has 0 bridgehead atoms. The van der Waals surface area contributed by atoms with Gasteiger partial charge in [-0.1, -0.05) is 35.9 Å². The predicted octanol–water partition coefficient (Wildman–Crippen LogP) is 5.21. The third-order valence-electron chi connectivity index (χ3n) is 3.88. The number of aromatic nitrogens is 1. The summed E-state index contributed by atoms with van der Waals surface area (Å²) in [6.45, 7) is 6.04. The molecule has 1 heterocycles. The Hall–Kier alpha value is -2.19. The van der Waals surface area contributed by atoms with E-state index in [1.54, 1.807) is 6.07 Å². The van der Waals surface area contributed by atoms with Gasteiger partial charge < -0.3 is 0 Å². The molecule has 0 saturated heterocycles. The molecule has 2 nitrogen and oxygen atoms in total. The van der Waals surface area contributed by atoms with Gasteiger partial charge in [0.1, 0.15) is 0 Å². The number of carbonyl (C=O) groups is 1. The summed E-state index contributed by atoms with van der Waals surface area (Å²) in [4.78, 5) is 16.7. The SMILES string of the molecule is Cc1cc(C)c2nc(-c3ccccc3C)cc(C(=O)Cl)c2c1. The highest BCUT2D eigenvalue weighted by Crippen LogP contribution is 2.30. The van der Waals surface area contributed by atoms with Gasteiger partial charge >= 0.3 is 0 Å². The van der Waals surface area contributed by atoms with Crippen molar-refractivity contribution < 1.29 is 4.79 Å². The Labute approximate surface area is 134 Å². The summed E-state index contributed by atoms with van der Waals surface area (Å²) in [5.74, 6) is 0. The van der Waals surface area contributed by atoms with Gasteiger partial charge in [-0.3, -0.25) is 4.79 Å². The molecule has 3 heteroatoms. The van der Waals surface area contributed by atoms with Crippen LogP contribution >= 0.6 is 11.6 Å². The van der Waals surface area contributed by atoms with E-state index in [-0.39, 0.29) is 0 Å². The number of hydrogen-bond acceptors (Lipinski definition) is 2. The van der Waals surface area contributed by atoms with E-state index in [1.165, 1.54) is 0 Å². The average Bonchev–Trinajstić information content (AvgIpc) is 2.46. The fourth-order valence-electron chi connectivity index (χ4n) is 2.84. The monoisotopic (exact) mass is 309 g/mol. The van der Waals surface area contributed by atoms with Crippen LogP contribution in [0.1, 0.15) is 27.0 Å². The van der Waals surface area contributed by atoms with Crippen LogP contribution < -0.4 is 0 Å². The van der Waals surface area contributed by atoms with Crippen LogP contribution in [0.3, 0.4) is 0 Å². The first-order chi connectivity index (χ1) is 10.5. The van der Waals surface area contributed by atoms with E-state index >= 15 is 0 Å². The number of rotatable bonds is 2. The number of aryl methyl sites for hydroxylation is 3. The molecule has 2 aromatic carbocycles. The van der Waals surface area contributed by atoms with Crippen molar-refractivity contribution in [3.8, 4) is 11.3 Å². The number of fused-ring (bicyclic) bond motifs is 1. The van der Waals surface area contributed by atoms with Gasteiger partial charge in [0.05, 0.1) is 11.2 Å². The first-order valence-corrected chi connectivity index (χ1v) is 7.53. The number of halogens is 1. The molecule has 0 unspecified atom stereocenters. The fourth-order valence-corrected chi connectivity index (χ4v) is 3.00. The van der Waals surface area contributed by atoms with Crippen molar-refractivity contribution in [3.63, 3.8) is 0 Å². The lowest BCUT2D eigenvalue weighted by Crippen LogP contribution is -1.98. The summed E-state index contributed by atoms with van der Waals surface area (Å²) in [5, 5.41) is 0.363. The van der Waals surface area contributed by atoms with Crippen molar-refractivity contribution in [1.82, 2.24) is 4.98 Å².